The second-order valence-electron chi connectivity index (χ2n) is 11.5. The fourth-order valence-electron chi connectivity index (χ4n) is 5.91. The van der Waals surface area contributed by atoms with Gasteiger partial charge in [0.2, 0.25) is 5.91 Å². The molecular weight excluding hydrogens is 531 g/mol. The van der Waals surface area contributed by atoms with Gasteiger partial charge in [0.25, 0.3) is 5.91 Å². The fourth-order valence-corrected chi connectivity index (χ4v) is 5.91. The van der Waals surface area contributed by atoms with Crippen LogP contribution in [0.15, 0.2) is 61.1 Å². The number of carbonyl (C=O) groups is 2. The highest BCUT2D eigenvalue weighted by molar-refractivity contribution is 6.00. The number of alkyl halides is 1. The number of benzene rings is 2. The highest BCUT2D eigenvalue weighted by Gasteiger charge is 2.52. The van der Waals surface area contributed by atoms with Crippen LogP contribution in [0.5, 0.6) is 0 Å². The van der Waals surface area contributed by atoms with Crippen molar-refractivity contribution in [3.63, 3.8) is 0 Å². The number of aryl methyl sites for hydroxylation is 4. The van der Waals surface area contributed by atoms with E-state index in [2.05, 4.69) is 33.7 Å². The Bertz CT molecular complexity index is 1620. The summed E-state index contributed by atoms with van der Waals surface area (Å²) in [5.74, 6) is -1.40. The minimum absolute atomic E-state index is 0.181. The SMILES string of the molecule is CCCc1cncc(-c2ccc3c(c2)[C@H](C(NC(=O)C2(F)CC2)C(=O)Nc2ccc(-c4c(C)cnn4C)cc2)CC3)n1. The van der Waals surface area contributed by atoms with Gasteiger partial charge in [0.1, 0.15) is 6.04 Å². The topological polar surface area (TPSA) is 102 Å². The quantitative estimate of drug-likeness (QED) is 0.280. The van der Waals surface area contributed by atoms with Crippen LogP contribution >= 0.6 is 0 Å². The van der Waals surface area contributed by atoms with E-state index in [4.69, 9.17) is 4.98 Å². The number of anilines is 1. The zero-order chi connectivity index (χ0) is 29.4. The van der Waals surface area contributed by atoms with Gasteiger partial charge in [0, 0.05) is 36.0 Å². The molecule has 2 aromatic heterocycles. The van der Waals surface area contributed by atoms with Crippen molar-refractivity contribution in [1.29, 1.82) is 0 Å². The van der Waals surface area contributed by atoms with E-state index in [0.29, 0.717) is 12.1 Å². The third-order valence-corrected chi connectivity index (χ3v) is 8.37. The minimum atomic E-state index is -1.89. The van der Waals surface area contributed by atoms with E-state index in [-0.39, 0.29) is 24.7 Å². The smallest absolute Gasteiger partial charge is 0.258 e. The van der Waals surface area contributed by atoms with Crippen molar-refractivity contribution in [2.75, 3.05) is 5.32 Å². The first-order valence-corrected chi connectivity index (χ1v) is 14.6. The monoisotopic (exact) mass is 566 g/mol. The van der Waals surface area contributed by atoms with Crippen LogP contribution in [0.3, 0.4) is 0 Å². The van der Waals surface area contributed by atoms with Crippen molar-refractivity contribution in [3.8, 4) is 22.5 Å². The Morgan fingerprint density at radius 1 is 1.10 bits per heavy atom. The Labute approximate surface area is 244 Å². The molecular formula is C33H35FN6O2. The minimum Gasteiger partial charge on any atom is -0.341 e. The van der Waals surface area contributed by atoms with Crippen LogP contribution in [0.25, 0.3) is 22.5 Å². The average molecular weight is 567 g/mol. The number of hydrogen-bond donors (Lipinski definition) is 2. The van der Waals surface area contributed by atoms with Crippen LogP contribution in [0.1, 0.15) is 60.9 Å². The van der Waals surface area contributed by atoms with E-state index in [1.807, 2.05) is 61.2 Å². The normalized spacial score (nSPS) is 17.4. The first-order chi connectivity index (χ1) is 20.3. The van der Waals surface area contributed by atoms with Gasteiger partial charge in [-0.1, -0.05) is 37.6 Å². The molecule has 2 aliphatic carbocycles. The number of rotatable bonds is 9. The molecule has 2 aliphatic rings. The lowest BCUT2D eigenvalue weighted by molar-refractivity contribution is -0.131. The zero-order valence-corrected chi connectivity index (χ0v) is 24.2. The van der Waals surface area contributed by atoms with E-state index in [1.165, 1.54) is 0 Å². The summed E-state index contributed by atoms with van der Waals surface area (Å²) in [5.41, 5.74) is 6.43. The zero-order valence-electron chi connectivity index (χ0n) is 24.2. The molecule has 1 fully saturated rings. The molecule has 1 saturated carbocycles. The molecule has 0 saturated heterocycles. The number of nitrogens with one attached hydrogen (secondary N) is 2. The predicted molar refractivity (Wildman–Crippen MR) is 160 cm³/mol. The van der Waals surface area contributed by atoms with Gasteiger partial charge in [0.15, 0.2) is 5.67 Å². The largest absolute Gasteiger partial charge is 0.341 e. The summed E-state index contributed by atoms with van der Waals surface area (Å²) >= 11 is 0. The number of hydrogen-bond acceptors (Lipinski definition) is 5. The lowest BCUT2D eigenvalue weighted by Gasteiger charge is -2.26. The van der Waals surface area contributed by atoms with Gasteiger partial charge in [-0.2, -0.15) is 5.10 Å². The molecule has 216 valence electrons. The second-order valence-corrected chi connectivity index (χ2v) is 11.5. The molecule has 6 rings (SSSR count). The van der Waals surface area contributed by atoms with Gasteiger partial charge in [-0.3, -0.25) is 19.3 Å². The highest BCUT2D eigenvalue weighted by Crippen LogP contribution is 2.42. The first-order valence-electron chi connectivity index (χ1n) is 14.6. The van der Waals surface area contributed by atoms with Crippen molar-refractivity contribution in [3.05, 3.63) is 83.4 Å². The van der Waals surface area contributed by atoms with Crippen LogP contribution in [0.2, 0.25) is 0 Å². The van der Waals surface area contributed by atoms with Crippen molar-refractivity contribution >= 4 is 17.5 Å². The molecule has 2 aromatic carbocycles. The van der Waals surface area contributed by atoms with Crippen LogP contribution in [0, 0.1) is 6.92 Å². The summed E-state index contributed by atoms with van der Waals surface area (Å²) in [6.45, 7) is 4.11. The molecule has 1 unspecified atom stereocenters. The Morgan fingerprint density at radius 3 is 2.55 bits per heavy atom. The summed E-state index contributed by atoms with van der Waals surface area (Å²) in [6, 6.07) is 12.7. The van der Waals surface area contributed by atoms with E-state index in [9.17, 15) is 14.0 Å². The standard InChI is InChI=1S/C33H35FN6O2/c1-4-5-25-18-35-19-28(37-25)23-7-6-21-10-13-26(27(21)16-23)29(39-32(42)33(34)14-15-33)31(41)38-24-11-8-22(9-12-24)30-20(2)17-36-40(30)3/h6-9,11-12,16-19,26,29H,4-5,10,13-15H2,1-3H3,(H,38,41)(H,39,42)/t26-,29?/m1/s1. The third-order valence-electron chi connectivity index (χ3n) is 8.37. The Kier molecular flexibility index (Phi) is 7.35. The van der Waals surface area contributed by atoms with Gasteiger partial charge in [0.05, 0.1) is 29.5 Å². The summed E-state index contributed by atoms with van der Waals surface area (Å²) in [6.07, 6.45) is 8.95. The Balaban J connectivity index is 1.28. The third kappa shape index (κ3) is 5.43. The molecule has 0 bridgehead atoms. The summed E-state index contributed by atoms with van der Waals surface area (Å²) < 4.78 is 16.6. The first kappa shape index (κ1) is 27.8. The van der Waals surface area contributed by atoms with Crippen molar-refractivity contribution in [2.45, 2.75) is 70.0 Å². The fraction of sp³-hybridized carbons (Fsp3) is 0.364. The molecule has 0 aliphatic heterocycles. The van der Waals surface area contributed by atoms with Gasteiger partial charge < -0.3 is 10.6 Å². The van der Waals surface area contributed by atoms with Crippen LogP contribution in [-0.4, -0.2) is 43.3 Å². The maximum absolute atomic E-state index is 14.8. The number of amides is 2. The Hall–Kier alpha value is -4.40. The second kappa shape index (κ2) is 11.1. The van der Waals surface area contributed by atoms with E-state index in [0.717, 1.165) is 64.2 Å². The number of aromatic nitrogens is 4. The van der Waals surface area contributed by atoms with Crippen molar-refractivity contribution < 1.29 is 14.0 Å². The molecule has 9 heteroatoms. The number of nitrogens with zero attached hydrogens (tertiary/aromatic N) is 4. The van der Waals surface area contributed by atoms with Gasteiger partial charge in [-0.25, -0.2) is 9.37 Å². The molecule has 2 heterocycles. The Morgan fingerprint density at radius 2 is 1.86 bits per heavy atom. The number of carbonyl (C=O) groups excluding carboxylic acids is 2. The van der Waals surface area contributed by atoms with Gasteiger partial charge in [-0.05, 0) is 73.9 Å². The molecule has 8 nitrogen and oxygen atoms in total. The summed E-state index contributed by atoms with van der Waals surface area (Å²) in [7, 11) is 1.89. The van der Waals surface area contributed by atoms with Gasteiger partial charge >= 0.3 is 0 Å². The van der Waals surface area contributed by atoms with Gasteiger partial charge in [-0.15, -0.1) is 0 Å². The summed E-state index contributed by atoms with van der Waals surface area (Å²) in [4.78, 5) is 35.9. The van der Waals surface area contributed by atoms with E-state index < -0.39 is 17.6 Å². The average Bonchev–Trinajstić information content (AvgIpc) is 3.47. The van der Waals surface area contributed by atoms with Crippen LogP contribution in [-0.2, 0) is 29.5 Å². The van der Waals surface area contributed by atoms with Crippen molar-refractivity contribution in [1.82, 2.24) is 25.1 Å². The highest BCUT2D eigenvalue weighted by atomic mass is 19.1. The predicted octanol–water partition coefficient (Wildman–Crippen LogP) is 5.46. The number of halogens is 1. The molecule has 42 heavy (non-hydrogen) atoms. The molecule has 2 N–H and O–H groups in total. The van der Waals surface area contributed by atoms with Crippen LogP contribution in [0.4, 0.5) is 10.1 Å². The maximum atomic E-state index is 14.8. The van der Waals surface area contributed by atoms with E-state index in [1.54, 1.807) is 12.4 Å². The lowest BCUT2D eigenvalue weighted by Crippen LogP contribution is -2.50. The molecule has 0 radical (unpaired) electrons. The van der Waals surface area contributed by atoms with Crippen molar-refractivity contribution in [2.24, 2.45) is 7.05 Å². The molecule has 2 atom stereocenters. The molecule has 0 spiro atoms. The number of fused-ring (bicyclic) bond motifs is 1. The lowest BCUT2D eigenvalue weighted by atomic mass is 9.90. The maximum Gasteiger partial charge on any atom is 0.258 e. The molecule has 4 aromatic rings. The van der Waals surface area contributed by atoms with Crippen LogP contribution < -0.4 is 10.6 Å². The molecule has 2 amide bonds. The van der Waals surface area contributed by atoms with E-state index >= 15 is 0 Å². The summed E-state index contributed by atoms with van der Waals surface area (Å²) in [5, 5.41) is 10.1.